The van der Waals surface area contributed by atoms with Gasteiger partial charge in [0.15, 0.2) is 5.58 Å². The molecule has 0 saturated carbocycles. The number of para-hydroxylation sites is 2. The van der Waals surface area contributed by atoms with E-state index in [1.165, 1.54) is 10.9 Å². The van der Waals surface area contributed by atoms with Crippen molar-refractivity contribution in [3.63, 3.8) is 0 Å². The predicted octanol–water partition coefficient (Wildman–Crippen LogP) is 6.82. The minimum absolute atomic E-state index is 0.543. The molecule has 230 valence electrons. The number of aromatic nitrogens is 2. The molecule has 0 atom stereocenters. The van der Waals surface area contributed by atoms with E-state index in [4.69, 9.17) is 4.42 Å². The summed E-state index contributed by atoms with van der Waals surface area (Å²) < 4.78 is 6.88. The summed E-state index contributed by atoms with van der Waals surface area (Å²) in [6, 6.07) is 26.4. The minimum atomic E-state index is 0.543. The Labute approximate surface area is 262 Å². The molecule has 1 aliphatic rings. The summed E-state index contributed by atoms with van der Waals surface area (Å²) in [4.78, 5) is 19.5. The second-order valence-electron chi connectivity index (χ2n) is 12.6. The highest BCUT2D eigenvalue weighted by Crippen LogP contribution is 2.37. The summed E-state index contributed by atoms with van der Waals surface area (Å²) in [7, 11) is 0. The second kappa shape index (κ2) is 13.9. The highest BCUT2D eigenvalue weighted by atomic mass is 16.3. The van der Waals surface area contributed by atoms with Gasteiger partial charge in [-0.05, 0) is 58.0 Å². The van der Waals surface area contributed by atoms with Gasteiger partial charge in [-0.25, -0.2) is 0 Å². The molecule has 2 aromatic carbocycles. The maximum Gasteiger partial charge on any atom is 0.158 e. The lowest BCUT2D eigenvalue weighted by atomic mass is 10.1. The maximum atomic E-state index is 6.88. The van der Waals surface area contributed by atoms with E-state index in [1.807, 2.05) is 36.7 Å². The number of furan rings is 1. The van der Waals surface area contributed by atoms with Crippen molar-refractivity contribution >= 4 is 27.6 Å². The molecule has 1 saturated heterocycles. The summed E-state index contributed by atoms with van der Waals surface area (Å²) in [6.45, 7) is 18.0. The zero-order valence-electron chi connectivity index (χ0n) is 26.7. The first-order valence-corrected chi connectivity index (χ1v) is 16.1. The molecule has 7 heteroatoms. The first kappa shape index (κ1) is 30.3. The lowest BCUT2D eigenvalue weighted by Crippen LogP contribution is -2.41. The molecule has 5 aromatic rings. The van der Waals surface area contributed by atoms with E-state index in [-0.39, 0.29) is 0 Å². The van der Waals surface area contributed by atoms with Crippen LogP contribution in [0.15, 0.2) is 89.6 Å². The van der Waals surface area contributed by atoms with Crippen LogP contribution in [0.5, 0.6) is 0 Å². The maximum absolute atomic E-state index is 6.88. The molecule has 1 fully saturated rings. The smallest absolute Gasteiger partial charge is 0.158 e. The number of hydrogen-bond acceptors (Lipinski definition) is 7. The zero-order chi connectivity index (χ0) is 30.5. The number of benzene rings is 2. The minimum Gasteiger partial charge on any atom is -0.454 e. The van der Waals surface area contributed by atoms with E-state index in [0.717, 1.165) is 79.4 Å². The second-order valence-corrected chi connectivity index (χ2v) is 12.6. The molecule has 0 N–H and O–H groups in total. The van der Waals surface area contributed by atoms with E-state index in [9.17, 15) is 0 Å². The summed E-state index contributed by atoms with van der Waals surface area (Å²) in [5, 5.41) is 2.32. The quantitative estimate of drug-likeness (QED) is 0.187. The van der Waals surface area contributed by atoms with Crippen LogP contribution in [0, 0.1) is 0 Å². The molecule has 0 bridgehead atoms. The third kappa shape index (κ3) is 6.96. The lowest BCUT2D eigenvalue weighted by Gasteiger charge is -2.30. The molecule has 6 rings (SSSR count). The molecule has 0 unspecified atom stereocenters. The number of anilines is 1. The Morgan fingerprint density at radius 3 is 1.73 bits per heavy atom. The molecular formula is C37H46N6O. The van der Waals surface area contributed by atoms with E-state index in [2.05, 4.69) is 106 Å². The summed E-state index contributed by atoms with van der Waals surface area (Å²) in [5.41, 5.74) is 6.24. The topological polar surface area (TPSA) is 51.9 Å². The van der Waals surface area contributed by atoms with Crippen molar-refractivity contribution in [1.82, 2.24) is 24.7 Å². The fourth-order valence-corrected chi connectivity index (χ4v) is 6.40. The number of rotatable bonds is 9. The van der Waals surface area contributed by atoms with Crippen molar-refractivity contribution < 1.29 is 4.42 Å². The van der Waals surface area contributed by atoms with Gasteiger partial charge in [-0.3, -0.25) is 24.7 Å². The Kier molecular flexibility index (Phi) is 9.55. The van der Waals surface area contributed by atoms with Gasteiger partial charge in [-0.2, -0.15) is 0 Å². The Morgan fingerprint density at radius 2 is 1.18 bits per heavy atom. The highest BCUT2D eigenvalue weighted by Gasteiger charge is 2.22. The van der Waals surface area contributed by atoms with E-state index >= 15 is 0 Å². The van der Waals surface area contributed by atoms with Crippen LogP contribution in [0.4, 0.5) is 5.69 Å². The first-order valence-electron chi connectivity index (χ1n) is 16.1. The normalized spacial score (nSPS) is 16.0. The van der Waals surface area contributed by atoms with Crippen LogP contribution < -0.4 is 4.90 Å². The zero-order valence-corrected chi connectivity index (χ0v) is 26.7. The van der Waals surface area contributed by atoms with Gasteiger partial charge in [0.1, 0.15) is 5.58 Å². The van der Waals surface area contributed by atoms with Gasteiger partial charge >= 0.3 is 0 Å². The van der Waals surface area contributed by atoms with Crippen molar-refractivity contribution in [3.8, 4) is 0 Å². The molecule has 0 aliphatic carbocycles. The fraction of sp³-hybridized carbons (Fsp3) is 0.405. The van der Waals surface area contributed by atoms with Gasteiger partial charge in [0, 0.05) is 86.6 Å². The summed E-state index contributed by atoms with van der Waals surface area (Å²) >= 11 is 0. The number of fused-ring (bicyclic) bond motifs is 3. The van der Waals surface area contributed by atoms with Gasteiger partial charge in [-0.1, -0.05) is 42.5 Å². The van der Waals surface area contributed by atoms with Crippen LogP contribution >= 0.6 is 0 Å². The van der Waals surface area contributed by atoms with Crippen molar-refractivity contribution in [2.75, 3.05) is 44.2 Å². The largest absolute Gasteiger partial charge is 0.454 e. The van der Waals surface area contributed by atoms with Crippen LogP contribution in [0.2, 0.25) is 0 Å². The summed E-state index contributed by atoms with van der Waals surface area (Å²) in [6.07, 6.45) is 3.71. The van der Waals surface area contributed by atoms with Crippen molar-refractivity contribution in [2.45, 2.75) is 59.4 Å². The molecule has 0 amide bonds. The van der Waals surface area contributed by atoms with Crippen molar-refractivity contribution in [1.29, 1.82) is 0 Å². The SMILES string of the molecule is CC(C)N1CCN(Cc2cccc3c2oc2c(N(Cc4ccccn4)Cc4ccccn4)cccc23)CCN(C(C)C)CC1. The molecular weight excluding hydrogens is 544 g/mol. The summed E-state index contributed by atoms with van der Waals surface area (Å²) in [5.74, 6) is 0. The van der Waals surface area contributed by atoms with Gasteiger partial charge in [0.25, 0.3) is 0 Å². The van der Waals surface area contributed by atoms with Crippen LogP contribution in [-0.2, 0) is 19.6 Å². The van der Waals surface area contributed by atoms with E-state index < -0.39 is 0 Å². The van der Waals surface area contributed by atoms with Gasteiger partial charge in [0.2, 0.25) is 0 Å². The molecule has 44 heavy (non-hydrogen) atoms. The number of hydrogen-bond donors (Lipinski definition) is 0. The lowest BCUT2D eigenvalue weighted by molar-refractivity contribution is 0.169. The Morgan fingerprint density at radius 1 is 0.636 bits per heavy atom. The van der Waals surface area contributed by atoms with Crippen LogP contribution in [0.1, 0.15) is 44.6 Å². The number of nitrogens with zero attached hydrogens (tertiary/aromatic N) is 6. The predicted molar refractivity (Wildman–Crippen MR) is 181 cm³/mol. The van der Waals surface area contributed by atoms with E-state index in [1.54, 1.807) is 0 Å². The van der Waals surface area contributed by atoms with E-state index in [0.29, 0.717) is 25.2 Å². The fourth-order valence-electron chi connectivity index (χ4n) is 6.40. The van der Waals surface area contributed by atoms with Crippen LogP contribution in [-0.4, -0.2) is 76.0 Å². The Bertz CT molecular complexity index is 1570. The van der Waals surface area contributed by atoms with Gasteiger partial charge in [-0.15, -0.1) is 0 Å². The average molecular weight is 591 g/mol. The van der Waals surface area contributed by atoms with Gasteiger partial charge in [0.05, 0.1) is 30.2 Å². The van der Waals surface area contributed by atoms with Crippen LogP contribution in [0.3, 0.4) is 0 Å². The van der Waals surface area contributed by atoms with Crippen LogP contribution in [0.25, 0.3) is 21.9 Å². The molecule has 0 radical (unpaired) electrons. The standard InChI is InChI=1S/C37H46N6O/c1-28(2)41-21-19-40(20-22-42(24-23-41)29(3)4)25-30-11-9-14-33-34-15-10-16-35(37(34)44-36(30)33)43(26-31-12-5-7-17-38-31)27-32-13-6-8-18-39-32/h5-18,28-29H,19-27H2,1-4H3. The third-order valence-corrected chi connectivity index (χ3v) is 9.02. The molecule has 7 nitrogen and oxygen atoms in total. The Hall–Kier alpha value is -3.78. The average Bonchev–Trinajstić information content (AvgIpc) is 3.46. The molecule has 1 aliphatic heterocycles. The van der Waals surface area contributed by atoms with Gasteiger partial charge < -0.3 is 9.32 Å². The highest BCUT2D eigenvalue weighted by molar-refractivity contribution is 6.09. The molecule has 0 spiro atoms. The first-order chi connectivity index (χ1) is 21.5. The third-order valence-electron chi connectivity index (χ3n) is 9.02. The molecule has 3 aromatic heterocycles. The number of pyridine rings is 2. The monoisotopic (exact) mass is 590 g/mol. The van der Waals surface area contributed by atoms with Crippen molar-refractivity contribution in [3.05, 3.63) is 102 Å². The Balaban J connectivity index is 1.34. The van der Waals surface area contributed by atoms with Crippen molar-refractivity contribution in [2.24, 2.45) is 0 Å². The molecule has 4 heterocycles.